The third kappa shape index (κ3) is 6.37. The van der Waals surface area contributed by atoms with E-state index in [0.29, 0.717) is 12.3 Å². The van der Waals surface area contributed by atoms with E-state index in [2.05, 4.69) is 25.2 Å². The number of amides is 1. The third-order valence-electron chi connectivity index (χ3n) is 4.06. The fraction of sp³-hybridized carbons (Fsp3) is 0.882. The first kappa shape index (κ1) is 17.8. The number of ether oxygens (including phenoxy) is 1. The van der Waals surface area contributed by atoms with Gasteiger partial charge in [-0.05, 0) is 64.2 Å². The highest BCUT2D eigenvalue weighted by atomic mass is 16.6. The summed E-state index contributed by atoms with van der Waals surface area (Å²) in [7, 11) is 0. The molecule has 1 fully saturated rings. The van der Waals surface area contributed by atoms with Crippen molar-refractivity contribution in [3.8, 4) is 6.07 Å². The van der Waals surface area contributed by atoms with Gasteiger partial charge >= 0.3 is 6.09 Å². The predicted octanol–water partition coefficient (Wildman–Crippen LogP) is 4.40. The van der Waals surface area contributed by atoms with E-state index in [1.54, 1.807) is 0 Å². The maximum atomic E-state index is 11.8. The Morgan fingerprint density at radius 3 is 2.38 bits per heavy atom. The van der Waals surface area contributed by atoms with E-state index in [0.717, 1.165) is 32.1 Å². The highest BCUT2D eigenvalue weighted by Crippen LogP contribution is 2.44. The first-order valence-corrected chi connectivity index (χ1v) is 8.02. The van der Waals surface area contributed by atoms with E-state index in [1.807, 2.05) is 20.8 Å². The van der Waals surface area contributed by atoms with Crippen molar-refractivity contribution < 1.29 is 9.53 Å². The Hall–Kier alpha value is -1.24. The summed E-state index contributed by atoms with van der Waals surface area (Å²) in [6, 6.07) is 2.54. The van der Waals surface area contributed by atoms with Gasteiger partial charge < -0.3 is 10.1 Å². The zero-order valence-corrected chi connectivity index (χ0v) is 14.2. The maximum absolute atomic E-state index is 11.8. The van der Waals surface area contributed by atoms with Gasteiger partial charge in [-0.2, -0.15) is 5.26 Å². The Morgan fingerprint density at radius 1 is 1.38 bits per heavy atom. The summed E-state index contributed by atoms with van der Waals surface area (Å²) in [5.74, 6) is 0.605. The average Bonchev–Trinajstić information content (AvgIpc) is 2.29. The van der Waals surface area contributed by atoms with Gasteiger partial charge in [0.15, 0.2) is 0 Å². The number of hydrogen-bond donors (Lipinski definition) is 1. The Labute approximate surface area is 129 Å². The second-order valence-electron chi connectivity index (χ2n) is 7.85. The summed E-state index contributed by atoms with van der Waals surface area (Å²) in [4.78, 5) is 11.8. The molecule has 4 heteroatoms. The second-order valence-corrected chi connectivity index (χ2v) is 7.85. The minimum Gasteiger partial charge on any atom is -0.444 e. The highest BCUT2D eigenvalue weighted by molar-refractivity contribution is 5.68. The summed E-state index contributed by atoms with van der Waals surface area (Å²) in [6.07, 6.45) is 5.30. The summed E-state index contributed by atoms with van der Waals surface area (Å²) < 4.78 is 5.30. The van der Waals surface area contributed by atoms with Crippen LogP contribution in [-0.2, 0) is 4.74 Å². The van der Waals surface area contributed by atoms with E-state index in [9.17, 15) is 4.79 Å². The van der Waals surface area contributed by atoms with Crippen molar-refractivity contribution in [1.29, 1.82) is 5.26 Å². The van der Waals surface area contributed by atoms with Crippen LogP contribution in [0.3, 0.4) is 0 Å². The molecule has 1 aliphatic carbocycles. The van der Waals surface area contributed by atoms with Gasteiger partial charge in [0.2, 0.25) is 0 Å². The molecule has 120 valence electrons. The smallest absolute Gasteiger partial charge is 0.407 e. The van der Waals surface area contributed by atoms with Gasteiger partial charge in [0.05, 0.1) is 6.07 Å². The molecule has 0 aromatic rings. The molecule has 0 spiro atoms. The molecule has 1 saturated carbocycles. The molecule has 0 radical (unpaired) electrons. The van der Waals surface area contributed by atoms with Crippen molar-refractivity contribution in [2.75, 3.05) is 0 Å². The highest BCUT2D eigenvalue weighted by Gasteiger charge is 2.36. The normalized spacial score (nSPS) is 26.2. The fourth-order valence-electron chi connectivity index (χ4n) is 3.34. The lowest BCUT2D eigenvalue weighted by molar-refractivity contribution is 0.0459. The van der Waals surface area contributed by atoms with Gasteiger partial charge in [-0.1, -0.05) is 13.8 Å². The molecule has 21 heavy (non-hydrogen) atoms. The number of hydrogen-bond acceptors (Lipinski definition) is 3. The van der Waals surface area contributed by atoms with Crippen LogP contribution in [0.4, 0.5) is 4.79 Å². The SMILES string of the molecule is CC(C)CC1(CC#N)CCC(NC(=O)OC(C)(C)C)CC1. The Morgan fingerprint density at radius 2 is 1.95 bits per heavy atom. The molecule has 0 saturated heterocycles. The van der Waals surface area contributed by atoms with Crippen LogP contribution in [0.2, 0.25) is 0 Å². The maximum Gasteiger partial charge on any atom is 0.407 e. The second kappa shape index (κ2) is 7.15. The third-order valence-corrected chi connectivity index (χ3v) is 4.06. The van der Waals surface area contributed by atoms with Gasteiger partial charge in [0.1, 0.15) is 5.60 Å². The van der Waals surface area contributed by atoms with Crippen LogP contribution in [-0.4, -0.2) is 17.7 Å². The lowest BCUT2D eigenvalue weighted by atomic mass is 9.66. The molecule has 1 rings (SSSR count). The number of nitrogens with zero attached hydrogens (tertiary/aromatic N) is 1. The molecule has 1 amide bonds. The largest absolute Gasteiger partial charge is 0.444 e. The molecule has 4 nitrogen and oxygen atoms in total. The van der Waals surface area contributed by atoms with Crippen LogP contribution in [0.1, 0.15) is 73.1 Å². The van der Waals surface area contributed by atoms with Gasteiger partial charge in [0, 0.05) is 12.5 Å². The quantitative estimate of drug-likeness (QED) is 0.836. The fourth-order valence-corrected chi connectivity index (χ4v) is 3.34. The van der Waals surface area contributed by atoms with Crippen LogP contribution >= 0.6 is 0 Å². The van der Waals surface area contributed by atoms with E-state index in [-0.39, 0.29) is 17.6 Å². The molecule has 0 aromatic carbocycles. The molecule has 0 heterocycles. The summed E-state index contributed by atoms with van der Waals surface area (Å²) in [5, 5.41) is 12.1. The molecule has 1 aliphatic rings. The standard InChI is InChI=1S/C17H30N2O2/c1-13(2)12-17(10-11-18)8-6-14(7-9-17)19-15(20)21-16(3,4)5/h13-14H,6-10,12H2,1-5H3,(H,19,20). The van der Waals surface area contributed by atoms with Crippen molar-refractivity contribution >= 4 is 6.09 Å². The zero-order chi connectivity index (χ0) is 16.1. The minimum atomic E-state index is -0.457. The number of nitrogens with one attached hydrogen (secondary N) is 1. The van der Waals surface area contributed by atoms with Crippen molar-refractivity contribution in [2.24, 2.45) is 11.3 Å². The lowest BCUT2D eigenvalue weighted by Gasteiger charge is -2.40. The van der Waals surface area contributed by atoms with Crippen LogP contribution in [0.5, 0.6) is 0 Å². The number of alkyl carbamates (subject to hydrolysis) is 1. The zero-order valence-electron chi connectivity index (χ0n) is 14.2. The van der Waals surface area contributed by atoms with Crippen molar-refractivity contribution in [3.05, 3.63) is 0 Å². The molecule has 0 aliphatic heterocycles. The van der Waals surface area contributed by atoms with Gasteiger partial charge in [-0.3, -0.25) is 0 Å². The Balaban J connectivity index is 2.50. The van der Waals surface area contributed by atoms with Gasteiger partial charge in [-0.25, -0.2) is 4.79 Å². The van der Waals surface area contributed by atoms with Crippen molar-refractivity contribution in [1.82, 2.24) is 5.32 Å². The van der Waals surface area contributed by atoms with Gasteiger partial charge in [-0.15, -0.1) is 0 Å². The monoisotopic (exact) mass is 294 g/mol. The molecule has 1 N–H and O–H groups in total. The van der Waals surface area contributed by atoms with E-state index in [4.69, 9.17) is 10.00 Å². The molecular weight excluding hydrogens is 264 g/mol. The summed E-state index contributed by atoms with van der Waals surface area (Å²) in [5.41, 5.74) is -0.310. The van der Waals surface area contributed by atoms with Crippen molar-refractivity contribution in [2.45, 2.75) is 84.8 Å². The van der Waals surface area contributed by atoms with Crippen LogP contribution in [0, 0.1) is 22.7 Å². The summed E-state index contributed by atoms with van der Waals surface area (Å²) in [6.45, 7) is 10.0. The van der Waals surface area contributed by atoms with Gasteiger partial charge in [0.25, 0.3) is 0 Å². The minimum absolute atomic E-state index is 0.148. The van der Waals surface area contributed by atoms with Crippen LogP contribution in [0.15, 0.2) is 0 Å². The molecule has 0 atom stereocenters. The Kier molecular flexibility index (Phi) is 6.07. The Bertz CT molecular complexity index is 383. The first-order valence-electron chi connectivity index (χ1n) is 8.02. The van der Waals surface area contributed by atoms with E-state index >= 15 is 0 Å². The average molecular weight is 294 g/mol. The van der Waals surface area contributed by atoms with E-state index in [1.165, 1.54) is 0 Å². The number of rotatable bonds is 4. The van der Waals surface area contributed by atoms with Crippen LogP contribution < -0.4 is 5.32 Å². The molecule has 0 unspecified atom stereocenters. The van der Waals surface area contributed by atoms with E-state index < -0.39 is 5.60 Å². The first-order chi connectivity index (χ1) is 9.66. The number of carbonyl (C=O) groups excluding carboxylic acids is 1. The number of carbonyl (C=O) groups is 1. The molecule has 0 aromatic heterocycles. The molecular formula is C17H30N2O2. The van der Waals surface area contributed by atoms with Crippen LogP contribution in [0.25, 0.3) is 0 Å². The topological polar surface area (TPSA) is 62.1 Å². The molecule has 0 bridgehead atoms. The number of nitriles is 1. The predicted molar refractivity (Wildman–Crippen MR) is 83.7 cm³/mol. The summed E-state index contributed by atoms with van der Waals surface area (Å²) >= 11 is 0. The van der Waals surface area contributed by atoms with Crippen molar-refractivity contribution in [3.63, 3.8) is 0 Å². The lowest BCUT2D eigenvalue weighted by Crippen LogP contribution is -2.43.